The second kappa shape index (κ2) is 8.99. The number of nitrogens with zero attached hydrogens (tertiary/aromatic N) is 3. The third-order valence-electron chi connectivity index (χ3n) is 5.29. The Morgan fingerprint density at radius 3 is 2.58 bits per heavy atom. The molecule has 1 aliphatic heterocycles. The molecule has 0 bridgehead atoms. The minimum atomic E-state index is -0.550. The molecule has 1 N–H and O–H groups in total. The number of anilines is 1. The molecule has 2 heterocycles. The lowest BCUT2D eigenvalue weighted by molar-refractivity contribution is -0.121. The number of aromatic nitrogens is 2. The summed E-state index contributed by atoms with van der Waals surface area (Å²) in [5.41, 5.74) is 1.03. The van der Waals surface area contributed by atoms with Crippen LogP contribution < -0.4 is 10.1 Å². The molecule has 1 atom stereocenters. The number of benzene rings is 2. The SMILES string of the molecule is Cn1nccc1C(=O)N1CCCC[C@H]1C(=O)Nc1ccc(Oc2ccccc2F)cc1. The predicted molar refractivity (Wildman–Crippen MR) is 113 cm³/mol. The number of nitrogens with one attached hydrogen (secondary N) is 1. The van der Waals surface area contributed by atoms with Crippen molar-refractivity contribution in [2.24, 2.45) is 7.05 Å². The summed E-state index contributed by atoms with van der Waals surface area (Å²) >= 11 is 0. The standard InChI is InChI=1S/C23H23FN4O3/c1-27-20(13-14-25-27)23(30)28-15-5-4-7-19(28)22(29)26-16-9-11-17(12-10-16)31-21-8-3-2-6-18(21)24/h2-3,6,8-14,19H,4-5,7,15H2,1H3,(H,26,29)/t19-/m0/s1. The number of hydrogen-bond acceptors (Lipinski definition) is 4. The topological polar surface area (TPSA) is 76.5 Å². The summed E-state index contributed by atoms with van der Waals surface area (Å²) in [5, 5.41) is 6.92. The second-order valence-electron chi connectivity index (χ2n) is 7.40. The maximum Gasteiger partial charge on any atom is 0.272 e. The first-order chi connectivity index (χ1) is 15.0. The highest BCUT2D eigenvalue weighted by Crippen LogP contribution is 2.26. The van der Waals surface area contributed by atoms with Crippen LogP contribution in [0.2, 0.25) is 0 Å². The van der Waals surface area contributed by atoms with E-state index >= 15 is 0 Å². The highest BCUT2D eigenvalue weighted by Gasteiger charge is 2.33. The number of rotatable bonds is 5. The number of carbonyl (C=O) groups excluding carboxylic acids is 2. The summed E-state index contributed by atoms with van der Waals surface area (Å²) in [4.78, 5) is 27.5. The van der Waals surface area contributed by atoms with E-state index in [1.165, 1.54) is 10.7 Å². The van der Waals surface area contributed by atoms with Crippen molar-refractivity contribution in [1.82, 2.24) is 14.7 Å². The molecule has 160 valence electrons. The van der Waals surface area contributed by atoms with Crippen molar-refractivity contribution in [3.63, 3.8) is 0 Å². The van der Waals surface area contributed by atoms with E-state index in [-0.39, 0.29) is 17.6 Å². The first-order valence-electron chi connectivity index (χ1n) is 10.2. The van der Waals surface area contributed by atoms with E-state index in [4.69, 9.17) is 4.74 Å². The van der Waals surface area contributed by atoms with Gasteiger partial charge in [-0.15, -0.1) is 0 Å². The molecule has 2 aromatic carbocycles. The van der Waals surface area contributed by atoms with E-state index in [0.717, 1.165) is 12.8 Å². The number of carbonyl (C=O) groups is 2. The fourth-order valence-electron chi connectivity index (χ4n) is 3.66. The molecule has 8 heteroatoms. The molecule has 1 aromatic heterocycles. The average Bonchev–Trinajstić information content (AvgIpc) is 3.22. The maximum atomic E-state index is 13.7. The number of para-hydroxylation sites is 1. The van der Waals surface area contributed by atoms with Crippen LogP contribution in [0, 0.1) is 5.82 Å². The fraction of sp³-hybridized carbons (Fsp3) is 0.261. The van der Waals surface area contributed by atoms with Crippen molar-refractivity contribution < 1.29 is 18.7 Å². The molecule has 2 amide bonds. The van der Waals surface area contributed by atoms with Crippen molar-refractivity contribution in [3.8, 4) is 11.5 Å². The predicted octanol–water partition coefficient (Wildman–Crippen LogP) is 3.98. The summed E-state index contributed by atoms with van der Waals surface area (Å²) in [6, 6.07) is 13.9. The van der Waals surface area contributed by atoms with Gasteiger partial charge >= 0.3 is 0 Å². The van der Waals surface area contributed by atoms with Crippen LogP contribution >= 0.6 is 0 Å². The molecular weight excluding hydrogens is 399 g/mol. The molecule has 0 aliphatic carbocycles. The van der Waals surface area contributed by atoms with Crippen LogP contribution in [0.25, 0.3) is 0 Å². The van der Waals surface area contributed by atoms with Gasteiger partial charge in [0.2, 0.25) is 5.91 Å². The molecule has 1 aliphatic rings. The molecule has 0 unspecified atom stereocenters. The Balaban J connectivity index is 1.43. The summed E-state index contributed by atoms with van der Waals surface area (Å²) in [7, 11) is 1.71. The van der Waals surface area contributed by atoms with Crippen molar-refractivity contribution in [3.05, 3.63) is 72.3 Å². The summed E-state index contributed by atoms with van der Waals surface area (Å²) in [5.74, 6) is -0.304. The number of piperidine rings is 1. The van der Waals surface area contributed by atoms with Crippen LogP contribution in [-0.2, 0) is 11.8 Å². The van der Waals surface area contributed by atoms with Crippen molar-refractivity contribution in [2.75, 3.05) is 11.9 Å². The Kier molecular flexibility index (Phi) is 5.97. The van der Waals surface area contributed by atoms with Gasteiger partial charge in [-0.1, -0.05) is 12.1 Å². The minimum Gasteiger partial charge on any atom is -0.454 e. The van der Waals surface area contributed by atoms with Crippen molar-refractivity contribution in [1.29, 1.82) is 0 Å². The zero-order chi connectivity index (χ0) is 21.8. The van der Waals surface area contributed by atoms with Crippen LogP contribution in [0.4, 0.5) is 10.1 Å². The summed E-state index contributed by atoms with van der Waals surface area (Å²) in [6.45, 7) is 0.525. The minimum absolute atomic E-state index is 0.130. The molecule has 4 rings (SSSR count). The first-order valence-corrected chi connectivity index (χ1v) is 10.2. The second-order valence-corrected chi connectivity index (χ2v) is 7.40. The van der Waals surface area contributed by atoms with E-state index in [1.54, 1.807) is 66.7 Å². The Morgan fingerprint density at radius 1 is 1.10 bits per heavy atom. The van der Waals surface area contributed by atoms with E-state index < -0.39 is 11.9 Å². The first kappa shape index (κ1) is 20.6. The Hall–Kier alpha value is -3.68. The van der Waals surface area contributed by atoms with Gasteiger partial charge in [-0.3, -0.25) is 14.3 Å². The zero-order valence-electron chi connectivity index (χ0n) is 17.1. The van der Waals surface area contributed by atoms with Gasteiger partial charge in [0.1, 0.15) is 17.5 Å². The van der Waals surface area contributed by atoms with Crippen LogP contribution in [0.5, 0.6) is 11.5 Å². The quantitative estimate of drug-likeness (QED) is 0.675. The van der Waals surface area contributed by atoms with Crippen LogP contribution in [0.3, 0.4) is 0 Å². The van der Waals surface area contributed by atoms with E-state index in [2.05, 4.69) is 10.4 Å². The van der Waals surface area contributed by atoms with Gasteiger partial charge in [0.25, 0.3) is 5.91 Å². The summed E-state index contributed by atoms with van der Waals surface area (Å²) in [6.07, 6.45) is 3.90. The lowest BCUT2D eigenvalue weighted by atomic mass is 10.0. The molecule has 0 saturated carbocycles. The third-order valence-corrected chi connectivity index (χ3v) is 5.29. The average molecular weight is 422 g/mol. The van der Waals surface area contributed by atoms with Gasteiger partial charge in [0.15, 0.2) is 11.6 Å². The summed E-state index contributed by atoms with van der Waals surface area (Å²) < 4.78 is 20.8. The highest BCUT2D eigenvalue weighted by molar-refractivity contribution is 6.00. The van der Waals surface area contributed by atoms with Gasteiger partial charge in [0, 0.05) is 25.5 Å². The number of halogens is 1. The molecule has 0 spiro atoms. The van der Waals surface area contributed by atoms with Gasteiger partial charge in [-0.2, -0.15) is 5.10 Å². The van der Waals surface area contributed by atoms with Gasteiger partial charge in [0.05, 0.1) is 0 Å². The van der Waals surface area contributed by atoms with Crippen LogP contribution in [0.1, 0.15) is 29.8 Å². The Bertz CT molecular complexity index is 1080. The number of ether oxygens (including phenoxy) is 1. The molecular formula is C23H23FN4O3. The van der Waals surface area contributed by atoms with Gasteiger partial charge < -0.3 is 15.0 Å². The normalized spacial score (nSPS) is 16.1. The molecule has 1 fully saturated rings. The van der Waals surface area contributed by atoms with E-state index in [0.29, 0.717) is 30.1 Å². The van der Waals surface area contributed by atoms with Gasteiger partial charge in [-0.05, 0) is 61.7 Å². The van der Waals surface area contributed by atoms with Gasteiger partial charge in [-0.25, -0.2) is 4.39 Å². The molecule has 3 aromatic rings. The third kappa shape index (κ3) is 4.58. The number of likely N-dealkylation sites (tertiary alicyclic amines) is 1. The van der Waals surface area contributed by atoms with E-state index in [9.17, 15) is 14.0 Å². The number of hydrogen-bond donors (Lipinski definition) is 1. The van der Waals surface area contributed by atoms with Crippen molar-refractivity contribution in [2.45, 2.75) is 25.3 Å². The zero-order valence-corrected chi connectivity index (χ0v) is 17.1. The van der Waals surface area contributed by atoms with Crippen LogP contribution in [-0.4, -0.2) is 39.1 Å². The number of amides is 2. The van der Waals surface area contributed by atoms with Crippen molar-refractivity contribution >= 4 is 17.5 Å². The molecule has 1 saturated heterocycles. The Morgan fingerprint density at radius 2 is 1.87 bits per heavy atom. The van der Waals surface area contributed by atoms with Crippen LogP contribution in [0.15, 0.2) is 60.8 Å². The number of aryl methyl sites for hydroxylation is 1. The molecule has 31 heavy (non-hydrogen) atoms. The highest BCUT2D eigenvalue weighted by atomic mass is 19.1. The maximum absolute atomic E-state index is 13.7. The smallest absolute Gasteiger partial charge is 0.272 e. The van der Waals surface area contributed by atoms with E-state index in [1.807, 2.05) is 0 Å². The monoisotopic (exact) mass is 422 g/mol. The molecule has 7 nitrogen and oxygen atoms in total. The fourth-order valence-corrected chi connectivity index (χ4v) is 3.66. The molecule has 0 radical (unpaired) electrons. The lowest BCUT2D eigenvalue weighted by Crippen LogP contribution is -2.50. The lowest BCUT2D eigenvalue weighted by Gasteiger charge is -2.34. The largest absolute Gasteiger partial charge is 0.454 e. The Labute approximate surface area is 179 Å².